The number of carbonyl (C=O) groups is 2. The minimum absolute atomic E-state index is 0.342. The number of carboxylic acids is 1. The highest BCUT2D eigenvalue weighted by molar-refractivity contribution is 5.66. The number of amides is 1. The quantitative estimate of drug-likeness (QED) is 0.0368. The van der Waals surface area contributed by atoms with E-state index in [-0.39, 0.29) is 0 Å². The summed E-state index contributed by atoms with van der Waals surface area (Å²) in [5.74, 6) is -0.651. The molecule has 0 aliphatic heterocycles. The molecule has 0 aromatic rings. The van der Waals surface area contributed by atoms with E-state index in [0.29, 0.717) is 6.42 Å². The number of rotatable bonds is 46. The Kier molecular flexibility index (Phi) is 44.7. The van der Waals surface area contributed by atoms with E-state index in [4.69, 9.17) is 10.2 Å². The van der Waals surface area contributed by atoms with Gasteiger partial charge in [-0.25, -0.2) is 10.2 Å². The van der Waals surface area contributed by atoms with Gasteiger partial charge in [-0.05, 0) is 12.8 Å². The second kappa shape index (κ2) is 45.9. The van der Waals surface area contributed by atoms with Crippen molar-refractivity contribution in [1.29, 1.82) is 0 Å². The molecule has 1 amide bonds. The molecule has 0 aromatic heterocycles. The third-order valence-corrected chi connectivity index (χ3v) is 11.1. The highest BCUT2D eigenvalue weighted by Crippen LogP contribution is 2.18. The molecule has 6 nitrogen and oxygen atoms in total. The topological polar surface area (TPSA) is 98.7 Å². The molecule has 0 aliphatic rings. The Morgan fingerprint density at radius 2 is 0.442 bits per heavy atom. The Bertz CT molecular complexity index is 646. The van der Waals surface area contributed by atoms with E-state index in [1.54, 1.807) is 0 Å². The van der Waals surface area contributed by atoms with Crippen molar-refractivity contribution in [3.63, 3.8) is 0 Å². The van der Waals surface area contributed by atoms with Crippen LogP contribution in [0.25, 0.3) is 0 Å². The summed E-state index contributed by atoms with van der Waals surface area (Å²) < 4.78 is 0. The summed E-state index contributed by atoms with van der Waals surface area (Å²) in [5.41, 5.74) is 4.90. The molecule has 0 fully saturated rings. The highest BCUT2D eigenvalue weighted by atomic mass is 16.4. The van der Waals surface area contributed by atoms with Crippen molar-refractivity contribution >= 4 is 12.1 Å². The normalized spacial score (nSPS) is 11.4. The standard InChI is InChI=1S/C46H92N2O4/c49-45(50)43-41-39-37-35-33-31-29-27-25-23-21-19-17-15-13-11-9-7-5-3-1-2-4-6-8-10-12-14-16-18-20-22-24-26-28-30-32-34-36-38-40-42-44-47-48-46(51)52/h47-48H,1-44H2,(H,49,50)(H,51,52). The molecule has 0 unspecified atom stereocenters. The van der Waals surface area contributed by atoms with Gasteiger partial charge in [0.1, 0.15) is 0 Å². The molecule has 0 atom stereocenters. The van der Waals surface area contributed by atoms with E-state index in [1.165, 1.54) is 250 Å². The second-order valence-electron chi connectivity index (χ2n) is 16.3. The largest absolute Gasteiger partial charge is 0.481 e. The van der Waals surface area contributed by atoms with Gasteiger partial charge in [0, 0.05) is 13.0 Å². The van der Waals surface area contributed by atoms with Crippen LogP contribution >= 0.6 is 0 Å². The van der Waals surface area contributed by atoms with Crippen LogP contribution in [-0.2, 0) is 4.79 Å². The maximum atomic E-state index is 10.5. The minimum Gasteiger partial charge on any atom is -0.481 e. The third-order valence-electron chi connectivity index (χ3n) is 11.1. The van der Waals surface area contributed by atoms with Gasteiger partial charge in [-0.15, -0.1) is 0 Å². The van der Waals surface area contributed by atoms with E-state index >= 15 is 0 Å². The van der Waals surface area contributed by atoms with E-state index in [9.17, 15) is 9.59 Å². The zero-order valence-corrected chi connectivity index (χ0v) is 34.8. The van der Waals surface area contributed by atoms with E-state index in [1.807, 2.05) is 0 Å². The van der Waals surface area contributed by atoms with Gasteiger partial charge in [-0.2, -0.15) is 0 Å². The summed E-state index contributed by atoms with van der Waals surface area (Å²) >= 11 is 0. The minimum atomic E-state index is -1.01. The molecule has 0 spiro atoms. The first kappa shape index (κ1) is 50.7. The lowest BCUT2D eigenvalue weighted by molar-refractivity contribution is -0.137. The SMILES string of the molecule is O=C(O)CCCCCCCCCCCCCCCCCCCCCCCCCCCCCCCCCCCCCCCCCCCCNNC(=O)O. The van der Waals surface area contributed by atoms with Gasteiger partial charge in [-0.3, -0.25) is 10.2 Å². The van der Waals surface area contributed by atoms with Gasteiger partial charge in [-0.1, -0.05) is 257 Å². The van der Waals surface area contributed by atoms with Gasteiger partial charge in [0.2, 0.25) is 0 Å². The second-order valence-corrected chi connectivity index (χ2v) is 16.3. The fraction of sp³-hybridized carbons (Fsp3) is 0.957. The highest BCUT2D eigenvalue weighted by Gasteiger charge is 2.00. The van der Waals surface area contributed by atoms with Gasteiger partial charge in [0.25, 0.3) is 0 Å². The Hall–Kier alpha value is -1.30. The first-order chi connectivity index (χ1) is 25.6. The average molecular weight is 737 g/mol. The predicted octanol–water partition coefficient (Wildman–Crippen LogP) is 15.6. The maximum Gasteiger partial charge on any atom is 0.419 e. The number of hydrogen-bond donors (Lipinski definition) is 4. The Morgan fingerprint density at radius 1 is 0.269 bits per heavy atom. The number of unbranched alkanes of at least 4 members (excludes halogenated alkanes) is 41. The van der Waals surface area contributed by atoms with E-state index in [2.05, 4.69) is 10.9 Å². The van der Waals surface area contributed by atoms with Crippen LogP contribution in [-0.4, -0.2) is 28.8 Å². The van der Waals surface area contributed by atoms with Crippen LogP contribution in [0, 0.1) is 0 Å². The van der Waals surface area contributed by atoms with Crippen LogP contribution in [0.15, 0.2) is 0 Å². The summed E-state index contributed by atoms with van der Waals surface area (Å²) in [6, 6.07) is 0. The van der Waals surface area contributed by atoms with Crippen LogP contribution in [0.5, 0.6) is 0 Å². The lowest BCUT2D eigenvalue weighted by Crippen LogP contribution is -2.36. The Balaban J connectivity index is 3.06. The van der Waals surface area contributed by atoms with Gasteiger partial charge < -0.3 is 10.2 Å². The Morgan fingerprint density at radius 3 is 0.615 bits per heavy atom. The third kappa shape index (κ3) is 48.7. The molecule has 6 heteroatoms. The van der Waals surface area contributed by atoms with E-state index < -0.39 is 12.1 Å². The van der Waals surface area contributed by atoms with Crippen LogP contribution < -0.4 is 10.9 Å². The van der Waals surface area contributed by atoms with Crippen LogP contribution in [0.4, 0.5) is 4.79 Å². The molecule has 0 bridgehead atoms. The average Bonchev–Trinajstić information content (AvgIpc) is 3.12. The zero-order chi connectivity index (χ0) is 37.7. The molecule has 0 radical (unpaired) electrons. The van der Waals surface area contributed by atoms with Crippen LogP contribution in [0.3, 0.4) is 0 Å². The number of aliphatic carboxylic acids is 1. The molecule has 4 N–H and O–H groups in total. The molecule has 0 heterocycles. The fourth-order valence-electron chi connectivity index (χ4n) is 7.70. The molecular weight excluding hydrogens is 645 g/mol. The monoisotopic (exact) mass is 737 g/mol. The molecular formula is C46H92N2O4. The maximum absolute atomic E-state index is 10.5. The van der Waals surface area contributed by atoms with Crippen LogP contribution in [0.1, 0.15) is 276 Å². The molecule has 52 heavy (non-hydrogen) atoms. The summed E-state index contributed by atoms with van der Waals surface area (Å²) in [5, 5.41) is 17.1. The summed E-state index contributed by atoms with van der Waals surface area (Å²) in [4.78, 5) is 20.8. The first-order valence-corrected chi connectivity index (χ1v) is 23.6. The van der Waals surface area contributed by atoms with Crippen molar-refractivity contribution in [2.24, 2.45) is 0 Å². The predicted molar refractivity (Wildman–Crippen MR) is 225 cm³/mol. The first-order valence-electron chi connectivity index (χ1n) is 23.6. The van der Waals surface area contributed by atoms with Crippen molar-refractivity contribution < 1.29 is 19.8 Å². The molecule has 0 saturated heterocycles. The van der Waals surface area contributed by atoms with Crippen molar-refractivity contribution in [3.05, 3.63) is 0 Å². The number of hydrogen-bond acceptors (Lipinski definition) is 3. The lowest BCUT2D eigenvalue weighted by atomic mass is 10.0. The number of carboxylic acid groups (broad SMARTS) is 2. The molecule has 0 aliphatic carbocycles. The van der Waals surface area contributed by atoms with Crippen LogP contribution in [0.2, 0.25) is 0 Å². The van der Waals surface area contributed by atoms with E-state index in [0.717, 1.165) is 25.8 Å². The van der Waals surface area contributed by atoms with Crippen molar-refractivity contribution in [2.45, 2.75) is 276 Å². The van der Waals surface area contributed by atoms with Crippen molar-refractivity contribution in [2.75, 3.05) is 6.54 Å². The van der Waals surface area contributed by atoms with Crippen molar-refractivity contribution in [1.82, 2.24) is 10.9 Å². The lowest BCUT2D eigenvalue weighted by Gasteiger charge is -2.05. The Labute approximate surface area is 324 Å². The molecule has 0 rings (SSSR count). The number of hydrazine groups is 1. The fourth-order valence-corrected chi connectivity index (χ4v) is 7.70. The molecule has 0 aromatic carbocycles. The molecule has 0 saturated carbocycles. The van der Waals surface area contributed by atoms with Gasteiger partial charge in [0.15, 0.2) is 0 Å². The summed E-state index contributed by atoms with van der Waals surface area (Å²) in [7, 11) is 0. The molecule has 310 valence electrons. The van der Waals surface area contributed by atoms with Crippen molar-refractivity contribution in [3.8, 4) is 0 Å². The smallest absolute Gasteiger partial charge is 0.419 e. The summed E-state index contributed by atoms with van der Waals surface area (Å²) in [6.07, 6.45) is 57.4. The van der Waals surface area contributed by atoms with Gasteiger partial charge >= 0.3 is 12.1 Å². The summed E-state index contributed by atoms with van der Waals surface area (Å²) in [6.45, 7) is 0.724. The van der Waals surface area contributed by atoms with Gasteiger partial charge in [0.05, 0.1) is 0 Å². The zero-order valence-electron chi connectivity index (χ0n) is 34.8. The number of nitrogens with one attached hydrogen (secondary N) is 2.